The summed E-state index contributed by atoms with van der Waals surface area (Å²) in [7, 11) is 0. The second-order valence-corrected chi connectivity index (χ2v) is 5.41. The highest BCUT2D eigenvalue weighted by molar-refractivity contribution is 4.97. The normalized spacial score (nSPS) is 49.5. The molecule has 2 unspecified atom stereocenters. The first-order valence-electron chi connectivity index (χ1n) is 6.01. The fourth-order valence-electron chi connectivity index (χ4n) is 2.68. The summed E-state index contributed by atoms with van der Waals surface area (Å²) in [5.74, 6) is 0.914. The molecule has 1 saturated carbocycles. The van der Waals surface area contributed by atoms with Gasteiger partial charge in [0.15, 0.2) is 0 Å². The van der Waals surface area contributed by atoms with Gasteiger partial charge in [0, 0.05) is 11.6 Å². The van der Waals surface area contributed by atoms with Crippen molar-refractivity contribution in [3.05, 3.63) is 0 Å². The van der Waals surface area contributed by atoms with Crippen molar-refractivity contribution in [2.45, 2.75) is 64.1 Å². The molecule has 1 aliphatic heterocycles. The topological polar surface area (TPSA) is 21.3 Å². The van der Waals surface area contributed by atoms with Crippen molar-refractivity contribution in [1.29, 1.82) is 0 Å². The molecule has 2 rings (SSSR count). The Kier molecular flexibility index (Phi) is 2.85. The summed E-state index contributed by atoms with van der Waals surface area (Å²) in [6, 6.07) is 0.511. The Morgan fingerprint density at radius 3 is 2.36 bits per heavy atom. The highest BCUT2D eigenvalue weighted by Gasteiger charge is 2.39. The molecular weight excluding hydrogens is 174 g/mol. The fraction of sp³-hybridized carbons (Fsp3) is 1.00. The van der Waals surface area contributed by atoms with Gasteiger partial charge in [0.25, 0.3) is 0 Å². The second kappa shape index (κ2) is 3.82. The number of hydrogen-bond donors (Lipinski definition) is 1. The minimum absolute atomic E-state index is 0.318. The Balaban J connectivity index is 1.97. The molecule has 1 saturated heterocycles. The van der Waals surface area contributed by atoms with Gasteiger partial charge in [0.05, 0.1) is 12.7 Å². The van der Waals surface area contributed by atoms with Crippen molar-refractivity contribution < 1.29 is 4.74 Å². The van der Waals surface area contributed by atoms with Crippen LogP contribution >= 0.6 is 0 Å². The number of nitrogens with one attached hydrogen (secondary N) is 1. The lowest BCUT2D eigenvalue weighted by molar-refractivity contribution is -0.0642. The summed E-state index contributed by atoms with van der Waals surface area (Å²) >= 11 is 0. The van der Waals surface area contributed by atoms with Crippen LogP contribution in [0.4, 0.5) is 0 Å². The van der Waals surface area contributed by atoms with Gasteiger partial charge in [0.1, 0.15) is 0 Å². The maximum absolute atomic E-state index is 5.86. The molecule has 0 aromatic rings. The summed E-state index contributed by atoms with van der Waals surface area (Å²) < 4.78 is 5.86. The van der Waals surface area contributed by atoms with Gasteiger partial charge >= 0.3 is 0 Å². The Hall–Kier alpha value is -0.0800. The van der Waals surface area contributed by atoms with E-state index in [4.69, 9.17) is 4.74 Å². The van der Waals surface area contributed by atoms with Crippen LogP contribution in [-0.4, -0.2) is 24.3 Å². The van der Waals surface area contributed by atoms with E-state index in [-0.39, 0.29) is 0 Å². The molecule has 14 heavy (non-hydrogen) atoms. The molecule has 0 amide bonds. The van der Waals surface area contributed by atoms with Crippen LogP contribution in [0.2, 0.25) is 0 Å². The highest BCUT2D eigenvalue weighted by Crippen LogP contribution is 2.34. The van der Waals surface area contributed by atoms with Gasteiger partial charge in [-0.05, 0) is 45.4 Å². The standard InChI is InChI=1S/C12H23NO/c1-9-4-6-12(7-5-9)8-14-11(3)10(2)13-12/h9-11,13H,4-8H2,1-3H3. The lowest BCUT2D eigenvalue weighted by Crippen LogP contribution is -2.61. The summed E-state index contributed by atoms with van der Waals surface area (Å²) in [6.45, 7) is 7.69. The average Bonchev–Trinajstić information content (AvgIpc) is 2.18. The van der Waals surface area contributed by atoms with E-state index >= 15 is 0 Å². The van der Waals surface area contributed by atoms with Gasteiger partial charge in [-0.3, -0.25) is 0 Å². The van der Waals surface area contributed by atoms with Crippen molar-refractivity contribution >= 4 is 0 Å². The van der Waals surface area contributed by atoms with Crippen LogP contribution in [0.1, 0.15) is 46.5 Å². The van der Waals surface area contributed by atoms with Crippen molar-refractivity contribution in [3.8, 4) is 0 Å². The Morgan fingerprint density at radius 1 is 1.14 bits per heavy atom. The molecule has 0 aromatic heterocycles. The Morgan fingerprint density at radius 2 is 1.79 bits per heavy atom. The molecule has 1 spiro atoms. The molecule has 2 fully saturated rings. The Bertz CT molecular complexity index is 191. The first-order valence-corrected chi connectivity index (χ1v) is 6.01. The van der Waals surface area contributed by atoms with Crippen LogP contribution in [0, 0.1) is 5.92 Å². The lowest BCUT2D eigenvalue weighted by atomic mass is 9.76. The maximum atomic E-state index is 5.86. The van der Waals surface area contributed by atoms with Crippen molar-refractivity contribution in [2.24, 2.45) is 5.92 Å². The number of rotatable bonds is 0. The number of ether oxygens (including phenoxy) is 1. The molecule has 2 heteroatoms. The molecule has 1 N–H and O–H groups in total. The van der Waals surface area contributed by atoms with Crippen molar-refractivity contribution in [1.82, 2.24) is 5.32 Å². The summed E-state index contributed by atoms with van der Waals surface area (Å²) in [5, 5.41) is 3.78. The summed E-state index contributed by atoms with van der Waals surface area (Å²) in [5.41, 5.74) is 0.318. The summed E-state index contributed by atoms with van der Waals surface area (Å²) in [6.07, 6.45) is 5.69. The van der Waals surface area contributed by atoms with Crippen LogP contribution in [0.15, 0.2) is 0 Å². The van der Waals surface area contributed by atoms with Gasteiger partial charge in [-0.15, -0.1) is 0 Å². The zero-order valence-electron chi connectivity index (χ0n) is 9.68. The first kappa shape index (κ1) is 10.4. The molecule has 82 valence electrons. The average molecular weight is 197 g/mol. The van der Waals surface area contributed by atoms with Crippen LogP contribution in [-0.2, 0) is 4.74 Å². The van der Waals surface area contributed by atoms with E-state index in [1.54, 1.807) is 0 Å². The van der Waals surface area contributed by atoms with Crippen molar-refractivity contribution in [2.75, 3.05) is 6.61 Å². The third-order valence-corrected chi connectivity index (χ3v) is 4.09. The largest absolute Gasteiger partial charge is 0.375 e. The van der Waals surface area contributed by atoms with E-state index in [2.05, 4.69) is 26.1 Å². The highest BCUT2D eigenvalue weighted by atomic mass is 16.5. The molecule has 1 aliphatic carbocycles. The van der Waals surface area contributed by atoms with E-state index < -0.39 is 0 Å². The third kappa shape index (κ3) is 1.96. The second-order valence-electron chi connectivity index (χ2n) is 5.41. The van der Waals surface area contributed by atoms with E-state index in [0.29, 0.717) is 17.7 Å². The van der Waals surface area contributed by atoms with Crippen LogP contribution in [0.25, 0.3) is 0 Å². The van der Waals surface area contributed by atoms with Gasteiger partial charge in [-0.25, -0.2) is 0 Å². The minimum Gasteiger partial charge on any atom is -0.375 e. The van der Waals surface area contributed by atoms with Gasteiger partial charge < -0.3 is 10.1 Å². The molecule has 1 heterocycles. The molecule has 0 aromatic carbocycles. The monoisotopic (exact) mass is 197 g/mol. The fourth-order valence-corrected chi connectivity index (χ4v) is 2.68. The summed E-state index contributed by atoms with van der Waals surface area (Å²) in [4.78, 5) is 0. The lowest BCUT2D eigenvalue weighted by Gasteiger charge is -2.47. The third-order valence-electron chi connectivity index (χ3n) is 4.09. The predicted octanol–water partition coefficient (Wildman–Crippen LogP) is 2.33. The van der Waals surface area contributed by atoms with Gasteiger partial charge in [0.2, 0.25) is 0 Å². The molecule has 0 bridgehead atoms. The van der Waals surface area contributed by atoms with Crippen LogP contribution < -0.4 is 5.32 Å². The molecule has 2 atom stereocenters. The maximum Gasteiger partial charge on any atom is 0.0698 e. The van der Waals surface area contributed by atoms with Crippen LogP contribution in [0.3, 0.4) is 0 Å². The molecular formula is C12H23NO. The SMILES string of the molecule is CC1CCC2(CC1)COC(C)C(C)N2. The van der Waals surface area contributed by atoms with E-state index in [1.807, 2.05) is 0 Å². The van der Waals surface area contributed by atoms with Crippen molar-refractivity contribution in [3.63, 3.8) is 0 Å². The van der Waals surface area contributed by atoms with E-state index in [9.17, 15) is 0 Å². The smallest absolute Gasteiger partial charge is 0.0698 e. The molecule has 2 nitrogen and oxygen atoms in total. The minimum atomic E-state index is 0.318. The predicted molar refractivity (Wildman–Crippen MR) is 58.4 cm³/mol. The number of hydrogen-bond acceptors (Lipinski definition) is 2. The van der Waals surface area contributed by atoms with Crippen LogP contribution in [0.5, 0.6) is 0 Å². The van der Waals surface area contributed by atoms with Gasteiger partial charge in [-0.1, -0.05) is 6.92 Å². The quantitative estimate of drug-likeness (QED) is 0.643. The van der Waals surface area contributed by atoms with E-state index in [1.165, 1.54) is 25.7 Å². The number of morpholine rings is 1. The van der Waals surface area contributed by atoms with E-state index in [0.717, 1.165) is 12.5 Å². The zero-order valence-corrected chi connectivity index (χ0v) is 9.68. The molecule has 0 radical (unpaired) electrons. The molecule has 2 aliphatic rings. The Labute approximate surface area is 87.4 Å². The first-order chi connectivity index (χ1) is 6.61. The van der Waals surface area contributed by atoms with Gasteiger partial charge in [-0.2, -0.15) is 0 Å². The zero-order chi connectivity index (χ0) is 10.2.